The average Bonchev–Trinajstić information content (AvgIpc) is 3.17. The van der Waals surface area contributed by atoms with Crippen molar-refractivity contribution < 1.29 is 18.7 Å². The zero-order valence-corrected chi connectivity index (χ0v) is 14.0. The third kappa shape index (κ3) is 2.71. The van der Waals surface area contributed by atoms with Crippen LogP contribution >= 0.6 is 0 Å². The van der Waals surface area contributed by atoms with Crippen LogP contribution in [0.25, 0.3) is 11.3 Å². The number of carbonyl (C=O) groups is 2. The largest absolute Gasteiger partial charge is 0.465 e. The third-order valence-electron chi connectivity index (χ3n) is 4.26. The maximum Gasteiger partial charge on any atom is 0.338 e. The van der Waals surface area contributed by atoms with E-state index in [1.54, 1.807) is 36.4 Å². The minimum Gasteiger partial charge on any atom is -0.465 e. The number of hydrogen-bond donors (Lipinski definition) is 2. The number of anilines is 1. The van der Waals surface area contributed by atoms with Gasteiger partial charge in [-0.3, -0.25) is 4.79 Å². The molecule has 1 aliphatic heterocycles. The molecule has 2 heterocycles. The van der Waals surface area contributed by atoms with Gasteiger partial charge in [0.05, 0.1) is 18.2 Å². The lowest BCUT2D eigenvalue weighted by molar-refractivity contribution is 0.0601. The first-order valence-electron chi connectivity index (χ1n) is 8.11. The normalized spacial score (nSPS) is 15.6. The standard InChI is InChI=1S/C20H16N2O4/c1-25-20(24)13-7-3-2-6-12(13)16-10-11-17(26-16)18-21-15-9-5-4-8-14(15)19(23)22-18/h2-11,18,21H,1H3,(H,22,23)/t18-/m0/s1. The molecular formula is C20H16N2O4. The first-order valence-corrected chi connectivity index (χ1v) is 8.11. The van der Waals surface area contributed by atoms with Crippen molar-refractivity contribution in [1.82, 2.24) is 5.32 Å². The molecule has 0 spiro atoms. The molecule has 1 aliphatic rings. The average molecular weight is 348 g/mol. The van der Waals surface area contributed by atoms with Crippen molar-refractivity contribution in [3.8, 4) is 11.3 Å². The van der Waals surface area contributed by atoms with Crippen LogP contribution in [0.15, 0.2) is 65.1 Å². The molecule has 0 aliphatic carbocycles. The van der Waals surface area contributed by atoms with Crippen LogP contribution in [0.1, 0.15) is 32.6 Å². The zero-order chi connectivity index (χ0) is 18.1. The number of furan rings is 1. The van der Waals surface area contributed by atoms with E-state index in [1.807, 2.05) is 24.3 Å². The number of carbonyl (C=O) groups excluding carboxylic acids is 2. The number of rotatable bonds is 3. The second-order valence-corrected chi connectivity index (χ2v) is 5.84. The summed E-state index contributed by atoms with van der Waals surface area (Å²) in [4.78, 5) is 24.2. The number of para-hydroxylation sites is 1. The van der Waals surface area contributed by atoms with Crippen LogP contribution in [0.5, 0.6) is 0 Å². The number of benzene rings is 2. The van der Waals surface area contributed by atoms with Crippen molar-refractivity contribution in [3.05, 3.63) is 77.6 Å². The highest BCUT2D eigenvalue weighted by atomic mass is 16.5. The zero-order valence-electron chi connectivity index (χ0n) is 14.0. The second-order valence-electron chi connectivity index (χ2n) is 5.84. The Morgan fingerprint density at radius 3 is 2.50 bits per heavy atom. The van der Waals surface area contributed by atoms with Gasteiger partial charge in [-0.2, -0.15) is 0 Å². The number of amides is 1. The predicted octanol–water partition coefficient (Wildman–Crippen LogP) is 3.59. The van der Waals surface area contributed by atoms with Gasteiger partial charge in [0.25, 0.3) is 5.91 Å². The van der Waals surface area contributed by atoms with E-state index in [1.165, 1.54) is 7.11 Å². The molecule has 2 aromatic carbocycles. The Balaban J connectivity index is 1.66. The van der Waals surface area contributed by atoms with Gasteiger partial charge in [-0.25, -0.2) is 4.79 Å². The molecule has 2 N–H and O–H groups in total. The van der Waals surface area contributed by atoms with Gasteiger partial charge < -0.3 is 19.8 Å². The van der Waals surface area contributed by atoms with E-state index in [2.05, 4.69) is 10.6 Å². The van der Waals surface area contributed by atoms with Gasteiger partial charge in [0.1, 0.15) is 11.5 Å². The summed E-state index contributed by atoms with van der Waals surface area (Å²) in [6.07, 6.45) is -0.489. The van der Waals surface area contributed by atoms with Gasteiger partial charge in [-0.15, -0.1) is 0 Å². The molecule has 1 amide bonds. The molecule has 6 heteroatoms. The Bertz CT molecular complexity index is 993. The van der Waals surface area contributed by atoms with Gasteiger partial charge in [0.2, 0.25) is 0 Å². The molecule has 0 saturated carbocycles. The molecule has 0 bridgehead atoms. The van der Waals surface area contributed by atoms with Crippen LogP contribution in [0.2, 0.25) is 0 Å². The maximum absolute atomic E-state index is 12.3. The van der Waals surface area contributed by atoms with E-state index in [0.29, 0.717) is 28.2 Å². The molecule has 0 saturated heterocycles. The van der Waals surface area contributed by atoms with Crippen LogP contribution in [-0.2, 0) is 4.74 Å². The van der Waals surface area contributed by atoms with Gasteiger partial charge >= 0.3 is 5.97 Å². The van der Waals surface area contributed by atoms with Crippen LogP contribution in [0, 0.1) is 0 Å². The summed E-state index contributed by atoms with van der Waals surface area (Å²) >= 11 is 0. The predicted molar refractivity (Wildman–Crippen MR) is 95.8 cm³/mol. The fourth-order valence-corrected chi connectivity index (χ4v) is 2.99. The minimum atomic E-state index is -0.489. The van der Waals surface area contributed by atoms with Crippen molar-refractivity contribution in [1.29, 1.82) is 0 Å². The first-order chi connectivity index (χ1) is 12.7. The highest BCUT2D eigenvalue weighted by Gasteiger charge is 2.27. The summed E-state index contributed by atoms with van der Waals surface area (Å²) in [7, 11) is 1.34. The van der Waals surface area contributed by atoms with E-state index in [0.717, 1.165) is 5.69 Å². The quantitative estimate of drug-likeness (QED) is 0.707. The molecule has 1 aromatic heterocycles. The molecule has 26 heavy (non-hydrogen) atoms. The number of hydrogen-bond acceptors (Lipinski definition) is 5. The molecular weight excluding hydrogens is 332 g/mol. The van der Waals surface area contributed by atoms with Crippen molar-refractivity contribution in [2.24, 2.45) is 0 Å². The Kier molecular flexibility index (Phi) is 3.93. The van der Waals surface area contributed by atoms with Crippen LogP contribution in [-0.4, -0.2) is 19.0 Å². The molecule has 0 radical (unpaired) electrons. The summed E-state index contributed by atoms with van der Waals surface area (Å²) in [6, 6.07) is 17.9. The number of methoxy groups -OCH3 is 1. The highest BCUT2D eigenvalue weighted by Crippen LogP contribution is 2.31. The van der Waals surface area contributed by atoms with E-state index >= 15 is 0 Å². The number of esters is 1. The summed E-state index contributed by atoms with van der Waals surface area (Å²) < 4.78 is 10.7. The molecule has 6 nitrogen and oxygen atoms in total. The SMILES string of the molecule is COC(=O)c1ccccc1-c1ccc([C@@H]2NC(=O)c3ccccc3N2)o1. The fraction of sp³-hybridized carbons (Fsp3) is 0.100. The smallest absolute Gasteiger partial charge is 0.338 e. The lowest BCUT2D eigenvalue weighted by Gasteiger charge is -2.26. The van der Waals surface area contributed by atoms with E-state index in [-0.39, 0.29) is 5.91 Å². The van der Waals surface area contributed by atoms with Crippen LogP contribution < -0.4 is 10.6 Å². The van der Waals surface area contributed by atoms with Crippen molar-refractivity contribution in [3.63, 3.8) is 0 Å². The van der Waals surface area contributed by atoms with Gasteiger partial charge in [0.15, 0.2) is 6.17 Å². The number of fused-ring (bicyclic) bond motifs is 1. The Hall–Kier alpha value is -3.54. The Morgan fingerprint density at radius 1 is 0.962 bits per heavy atom. The van der Waals surface area contributed by atoms with Crippen LogP contribution in [0.4, 0.5) is 5.69 Å². The van der Waals surface area contributed by atoms with Gasteiger partial charge in [0, 0.05) is 11.3 Å². The topological polar surface area (TPSA) is 80.6 Å². The van der Waals surface area contributed by atoms with Crippen molar-refractivity contribution in [2.45, 2.75) is 6.17 Å². The number of nitrogens with one attached hydrogen (secondary N) is 2. The second kappa shape index (κ2) is 6.40. The molecule has 0 unspecified atom stereocenters. The highest BCUT2D eigenvalue weighted by molar-refractivity contribution is 6.01. The molecule has 1 atom stereocenters. The lowest BCUT2D eigenvalue weighted by Crippen LogP contribution is -2.38. The first kappa shape index (κ1) is 16.0. The molecule has 0 fully saturated rings. The molecule has 4 rings (SSSR count). The third-order valence-corrected chi connectivity index (χ3v) is 4.26. The van der Waals surface area contributed by atoms with Gasteiger partial charge in [-0.05, 0) is 30.3 Å². The van der Waals surface area contributed by atoms with Crippen molar-refractivity contribution in [2.75, 3.05) is 12.4 Å². The summed E-state index contributed by atoms with van der Waals surface area (Å²) in [5, 5.41) is 6.11. The lowest BCUT2D eigenvalue weighted by atomic mass is 10.1. The van der Waals surface area contributed by atoms with E-state index in [9.17, 15) is 9.59 Å². The number of ether oxygens (including phenoxy) is 1. The molecule has 130 valence electrons. The Labute approximate surface area is 149 Å². The van der Waals surface area contributed by atoms with Crippen molar-refractivity contribution >= 4 is 17.6 Å². The Morgan fingerprint density at radius 2 is 1.69 bits per heavy atom. The minimum absolute atomic E-state index is 0.169. The van der Waals surface area contributed by atoms with E-state index < -0.39 is 12.1 Å². The van der Waals surface area contributed by atoms with Gasteiger partial charge in [-0.1, -0.05) is 30.3 Å². The maximum atomic E-state index is 12.3. The van der Waals surface area contributed by atoms with E-state index in [4.69, 9.17) is 9.15 Å². The van der Waals surface area contributed by atoms with Crippen LogP contribution in [0.3, 0.4) is 0 Å². The summed E-state index contributed by atoms with van der Waals surface area (Å²) in [5.74, 6) is 0.465. The fourth-order valence-electron chi connectivity index (χ4n) is 2.99. The summed E-state index contributed by atoms with van der Waals surface area (Å²) in [6.45, 7) is 0. The molecule has 3 aromatic rings. The summed E-state index contributed by atoms with van der Waals surface area (Å²) in [5.41, 5.74) is 2.38. The monoisotopic (exact) mass is 348 g/mol.